The van der Waals surface area contributed by atoms with Crippen LogP contribution in [-0.4, -0.2) is 59.8 Å². The number of morpholine rings is 1. The Balaban J connectivity index is 1.45. The maximum absolute atomic E-state index is 12.5. The first-order valence-electron chi connectivity index (χ1n) is 9.94. The van der Waals surface area contributed by atoms with Crippen molar-refractivity contribution in [2.45, 2.75) is 13.5 Å². The standard InChI is InChI=1S/C22H26N4O3/c1-17-6-2-5-9-20(17)29-16-21(27)24-22-23-18-7-3-4-8-19(18)26(22)11-10-25-12-14-28-15-13-25/h2-9H,10-16H2,1H3,(H,23,24,27). The summed E-state index contributed by atoms with van der Waals surface area (Å²) in [6.45, 7) is 6.92. The Morgan fingerprint density at radius 3 is 2.69 bits per heavy atom. The Hall–Kier alpha value is -2.90. The highest BCUT2D eigenvalue weighted by molar-refractivity contribution is 5.92. The van der Waals surface area contributed by atoms with Gasteiger partial charge in [0.1, 0.15) is 5.75 Å². The molecule has 152 valence electrons. The number of hydrogen-bond donors (Lipinski definition) is 1. The third-order valence-corrected chi connectivity index (χ3v) is 5.10. The molecule has 7 nitrogen and oxygen atoms in total. The maximum Gasteiger partial charge on any atom is 0.264 e. The molecule has 2 heterocycles. The molecule has 3 aromatic rings. The highest BCUT2D eigenvalue weighted by Gasteiger charge is 2.16. The number of hydrogen-bond acceptors (Lipinski definition) is 5. The predicted molar refractivity (Wildman–Crippen MR) is 112 cm³/mol. The van der Waals surface area contributed by atoms with Gasteiger partial charge in [-0.2, -0.15) is 0 Å². The minimum Gasteiger partial charge on any atom is -0.483 e. The van der Waals surface area contributed by atoms with Gasteiger partial charge in [0.2, 0.25) is 5.95 Å². The molecule has 0 atom stereocenters. The largest absolute Gasteiger partial charge is 0.483 e. The summed E-state index contributed by atoms with van der Waals surface area (Å²) < 4.78 is 13.2. The maximum atomic E-state index is 12.5. The van der Waals surface area contributed by atoms with Crippen LogP contribution in [0.25, 0.3) is 11.0 Å². The number of fused-ring (bicyclic) bond motifs is 1. The van der Waals surface area contributed by atoms with Gasteiger partial charge in [0.05, 0.1) is 24.2 Å². The summed E-state index contributed by atoms with van der Waals surface area (Å²) in [5.41, 5.74) is 2.87. The Kier molecular flexibility index (Phi) is 6.07. The van der Waals surface area contributed by atoms with Crippen molar-refractivity contribution in [1.29, 1.82) is 0 Å². The van der Waals surface area contributed by atoms with Crippen molar-refractivity contribution in [3.8, 4) is 5.75 Å². The molecule has 0 saturated carbocycles. The van der Waals surface area contributed by atoms with Crippen LogP contribution in [0.4, 0.5) is 5.95 Å². The number of ether oxygens (including phenoxy) is 2. The number of para-hydroxylation sites is 3. The van der Waals surface area contributed by atoms with E-state index < -0.39 is 0 Å². The highest BCUT2D eigenvalue weighted by atomic mass is 16.5. The van der Waals surface area contributed by atoms with E-state index in [1.54, 1.807) is 0 Å². The van der Waals surface area contributed by atoms with Crippen molar-refractivity contribution in [1.82, 2.24) is 14.5 Å². The third kappa shape index (κ3) is 4.75. The van der Waals surface area contributed by atoms with Crippen LogP contribution in [0.1, 0.15) is 5.56 Å². The molecule has 1 fully saturated rings. The van der Waals surface area contributed by atoms with Crippen LogP contribution in [0.3, 0.4) is 0 Å². The molecule has 29 heavy (non-hydrogen) atoms. The van der Waals surface area contributed by atoms with E-state index in [-0.39, 0.29) is 12.5 Å². The van der Waals surface area contributed by atoms with Gasteiger partial charge < -0.3 is 14.0 Å². The van der Waals surface area contributed by atoms with Crippen molar-refractivity contribution in [2.75, 3.05) is 44.8 Å². The van der Waals surface area contributed by atoms with Gasteiger partial charge >= 0.3 is 0 Å². The van der Waals surface area contributed by atoms with E-state index in [9.17, 15) is 4.79 Å². The molecule has 1 saturated heterocycles. The van der Waals surface area contributed by atoms with E-state index >= 15 is 0 Å². The van der Waals surface area contributed by atoms with Crippen LogP contribution in [-0.2, 0) is 16.1 Å². The normalized spacial score (nSPS) is 14.8. The number of benzene rings is 2. The van der Waals surface area contributed by atoms with E-state index in [1.165, 1.54) is 0 Å². The summed E-state index contributed by atoms with van der Waals surface area (Å²) >= 11 is 0. The smallest absolute Gasteiger partial charge is 0.264 e. The van der Waals surface area contributed by atoms with Gasteiger partial charge in [-0.15, -0.1) is 0 Å². The Labute approximate surface area is 170 Å². The van der Waals surface area contributed by atoms with Gasteiger partial charge in [-0.1, -0.05) is 30.3 Å². The van der Waals surface area contributed by atoms with Gasteiger partial charge in [-0.05, 0) is 30.7 Å². The molecule has 0 bridgehead atoms. The predicted octanol–water partition coefficient (Wildman–Crippen LogP) is 2.69. The zero-order valence-electron chi connectivity index (χ0n) is 16.6. The third-order valence-electron chi connectivity index (χ3n) is 5.10. The van der Waals surface area contributed by atoms with Crippen LogP contribution in [0.15, 0.2) is 48.5 Å². The second-order valence-corrected chi connectivity index (χ2v) is 7.13. The number of rotatable bonds is 7. The lowest BCUT2D eigenvalue weighted by Gasteiger charge is -2.26. The van der Waals surface area contributed by atoms with E-state index in [2.05, 4.69) is 19.8 Å². The summed E-state index contributed by atoms with van der Waals surface area (Å²) in [5.74, 6) is 1.04. The number of amides is 1. The average Bonchev–Trinajstić information content (AvgIpc) is 3.09. The molecule has 1 N–H and O–H groups in total. The summed E-state index contributed by atoms with van der Waals surface area (Å²) in [6, 6.07) is 15.6. The fourth-order valence-electron chi connectivity index (χ4n) is 3.49. The molecule has 7 heteroatoms. The molecule has 1 aliphatic heterocycles. The molecule has 0 spiro atoms. The number of nitrogens with one attached hydrogen (secondary N) is 1. The van der Waals surface area contributed by atoms with Crippen LogP contribution in [0.2, 0.25) is 0 Å². The number of aromatic nitrogens is 2. The first-order valence-corrected chi connectivity index (χ1v) is 9.94. The number of aryl methyl sites for hydroxylation is 1. The number of nitrogens with zero attached hydrogens (tertiary/aromatic N) is 3. The van der Waals surface area contributed by atoms with Crippen LogP contribution in [0, 0.1) is 6.92 Å². The van der Waals surface area contributed by atoms with Crippen LogP contribution < -0.4 is 10.1 Å². The monoisotopic (exact) mass is 394 g/mol. The molecule has 1 aromatic heterocycles. The van der Waals surface area contributed by atoms with Crippen molar-refractivity contribution in [2.24, 2.45) is 0 Å². The summed E-state index contributed by atoms with van der Waals surface area (Å²) in [4.78, 5) is 19.5. The lowest BCUT2D eigenvalue weighted by molar-refractivity contribution is -0.118. The fourth-order valence-corrected chi connectivity index (χ4v) is 3.49. The molecule has 0 aliphatic carbocycles. The second kappa shape index (κ2) is 9.07. The summed E-state index contributed by atoms with van der Waals surface area (Å²) in [5, 5.41) is 2.92. The average molecular weight is 394 g/mol. The second-order valence-electron chi connectivity index (χ2n) is 7.13. The number of anilines is 1. The lowest BCUT2D eigenvalue weighted by Crippen LogP contribution is -2.38. The SMILES string of the molecule is Cc1ccccc1OCC(=O)Nc1nc2ccccc2n1CCN1CCOCC1. The van der Waals surface area contributed by atoms with Gasteiger partial charge in [0.25, 0.3) is 5.91 Å². The molecular weight excluding hydrogens is 368 g/mol. The van der Waals surface area contributed by atoms with Gasteiger partial charge in [0.15, 0.2) is 6.61 Å². The topological polar surface area (TPSA) is 68.6 Å². The Morgan fingerprint density at radius 1 is 1.10 bits per heavy atom. The fraction of sp³-hybridized carbons (Fsp3) is 0.364. The summed E-state index contributed by atoms with van der Waals surface area (Å²) in [6.07, 6.45) is 0. The molecule has 0 radical (unpaired) electrons. The minimum absolute atomic E-state index is 0.0580. The Bertz CT molecular complexity index is 979. The molecular formula is C22H26N4O3. The first-order chi connectivity index (χ1) is 14.2. The van der Waals surface area contributed by atoms with E-state index in [1.807, 2.05) is 55.5 Å². The molecule has 1 amide bonds. The zero-order chi connectivity index (χ0) is 20.1. The first kappa shape index (κ1) is 19.4. The molecule has 2 aromatic carbocycles. The number of carbonyl (C=O) groups excluding carboxylic acids is 1. The van der Waals surface area contributed by atoms with Gasteiger partial charge in [-0.25, -0.2) is 4.98 Å². The molecule has 1 aliphatic rings. The van der Waals surface area contributed by atoms with Gasteiger partial charge in [-0.3, -0.25) is 15.0 Å². The van der Waals surface area contributed by atoms with E-state index in [0.29, 0.717) is 11.7 Å². The van der Waals surface area contributed by atoms with Crippen LogP contribution in [0.5, 0.6) is 5.75 Å². The summed E-state index contributed by atoms with van der Waals surface area (Å²) in [7, 11) is 0. The molecule has 4 rings (SSSR count). The van der Waals surface area contributed by atoms with Crippen LogP contribution >= 0.6 is 0 Å². The zero-order valence-corrected chi connectivity index (χ0v) is 16.6. The van der Waals surface area contributed by atoms with E-state index in [0.717, 1.165) is 56.0 Å². The molecule has 0 unspecified atom stereocenters. The van der Waals surface area contributed by atoms with Crippen molar-refractivity contribution < 1.29 is 14.3 Å². The van der Waals surface area contributed by atoms with Gasteiger partial charge in [0, 0.05) is 26.2 Å². The number of carbonyl (C=O) groups is 1. The number of imidazole rings is 1. The van der Waals surface area contributed by atoms with Crippen molar-refractivity contribution in [3.63, 3.8) is 0 Å². The quantitative estimate of drug-likeness (QED) is 0.667. The minimum atomic E-state index is -0.226. The van der Waals surface area contributed by atoms with Crippen molar-refractivity contribution in [3.05, 3.63) is 54.1 Å². The highest BCUT2D eigenvalue weighted by Crippen LogP contribution is 2.20. The van der Waals surface area contributed by atoms with Crippen molar-refractivity contribution >= 4 is 22.9 Å². The Morgan fingerprint density at radius 2 is 1.86 bits per heavy atom. The lowest BCUT2D eigenvalue weighted by atomic mass is 10.2. The van der Waals surface area contributed by atoms with E-state index in [4.69, 9.17) is 9.47 Å².